The standard InChI is InChI=1S/C24H32FN/c1-3-19(2)24-7-5-4-6-22(24)18-21-13-16-26(17-14-21)15-12-20-8-10-23(25)11-9-20/h4-11,19,21H,3,12-18H2,1-2H3. The van der Waals surface area contributed by atoms with E-state index in [1.807, 2.05) is 12.1 Å². The smallest absolute Gasteiger partial charge is 0.123 e. The van der Waals surface area contributed by atoms with Crippen LogP contribution in [0.2, 0.25) is 0 Å². The van der Waals surface area contributed by atoms with E-state index in [0.717, 1.165) is 18.9 Å². The molecule has 0 aliphatic carbocycles. The van der Waals surface area contributed by atoms with Gasteiger partial charge in [0.05, 0.1) is 0 Å². The third-order valence-electron chi connectivity index (χ3n) is 6.04. The van der Waals surface area contributed by atoms with Gasteiger partial charge in [0.1, 0.15) is 5.82 Å². The van der Waals surface area contributed by atoms with Crippen molar-refractivity contribution in [2.45, 2.75) is 51.9 Å². The van der Waals surface area contributed by atoms with Crippen LogP contribution in [0.5, 0.6) is 0 Å². The molecule has 1 aliphatic heterocycles. The van der Waals surface area contributed by atoms with E-state index >= 15 is 0 Å². The summed E-state index contributed by atoms with van der Waals surface area (Å²) < 4.78 is 13.0. The van der Waals surface area contributed by atoms with Gasteiger partial charge in [-0.25, -0.2) is 4.39 Å². The van der Waals surface area contributed by atoms with Gasteiger partial charge in [0.15, 0.2) is 0 Å². The van der Waals surface area contributed by atoms with E-state index in [1.165, 1.54) is 44.3 Å². The zero-order valence-electron chi connectivity index (χ0n) is 16.3. The molecule has 1 nitrogen and oxygen atoms in total. The number of hydrogen-bond acceptors (Lipinski definition) is 1. The van der Waals surface area contributed by atoms with Crippen molar-refractivity contribution in [3.8, 4) is 0 Å². The Morgan fingerprint density at radius 2 is 1.73 bits per heavy atom. The molecule has 0 spiro atoms. The number of piperidine rings is 1. The third kappa shape index (κ3) is 5.17. The fourth-order valence-corrected chi connectivity index (χ4v) is 4.08. The summed E-state index contributed by atoms with van der Waals surface area (Å²) in [6.07, 6.45) is 6.03. The van der Waals surface area contributed by atoms with Gasteiger partial charge in [0.25, 0.3) is 0 Å². The Morgan fingerprint density at radius 3 is 2.42 bits per heavy atom. The summed E-state index contributed by atoms with van der Waals surface area (Å²) in [7, 11) is 0. The second kappa shape index (κ2) is 9.32. The Balaban J connectivity index is 1.47. The average molecular weight is 354 g/mol. The van der Waals surface area contributed by atoms with E-state index in [-0.39, 0.29) is 5.82 Å². The summed E-state index contributed by atoms with van der Waals surface area (Å²) in [6.45, 7) is 8.09. The van der Waals surface area contributed by atoms with Gasteiger partial charge in [-0.3, -0.25) is 0 Å². The second-order valence-electron chi connectivity index (χ2n) is 7.87. The van der Waals surface area contributed by atoms with Gasteiger partial charge in [-0.15, -0.1) is 0 Å². The summed E-state index contributed by atoms with van der Waals surface area (Å²) in [4.78, 5) is 2.57. The third-order valence-corrected chi connectivity index (χ3v) is 6.04. The van der Waals surface area contributed by atoms with Crippen LogP contribution >= 0.6 is 0 Å². The maximum absolute atomic E-state index is 13.0. The van der Waals surface area contributed by atoms with Crippen LogP contribution in [0.1, 0.15) is 55.7 Å². The van der Waals surface area contributed by atoms with Gasteiger partial charge in [-0.05, 0) is 85.9 Å². The Morgan fingerprint density at radius 1 is 1.04 bits per heavy atom. The van der Waals surface area contributed by atoms with E-state index in [2.05, 4.69) is 43.0 Å². The monoisotopic (exact) mass is 353 g/mol. The van der Waals surface area contributed by atoms with Crippen LogP contribution in [-0.4, -0.2) is 24.5 Å². The number of likely N-dealkylation sites (tertiary alicyclic amines) is 1. The molecule has 0 aromatic heterocycles. The Bertz CT molecular complexity index is 671. The van der Waals surface area contributed by atoms with Crippen LogP contribution in [0, 0.1) is 11.7 Å². The molecule has 0 amide bonds. The van der Waals surface area contributed by atoms with Crippen molar-refractivity contribution < 1.29 is 4.39 Å². The number of hydrogen-bond donors (Lipinski definition) is 0. The maximum Gasteiger partial charge on any atom is 0.123 e. The first-order valence-corrected chi connectivity index (χ1v) is 10.2. The summed E-state index contributed by atoms with van der Waals surface area (Å²) in [5.41, 5.74) is 4.34. The van der Waals surface area contributed by atoms with Crippen LogP contribution < -0.4 is 0 Å². The van der Waals surface area contributed by atoms with Crippen molar-refractivity contribution in [3.63, 3.8) is 0 Å². The molecule has 1 heterocycles. The minimum atomic E-state index is -0.146. The van der Waals surface area contributed by atoms with Gasteiger partial charge >= 0.3 is 0 Å². The van der Waals surface area contributed by atoms with Crippen molar-refractivity contribution >= 4 is 0 Å². The van der Waals surface area contributed by atoms with Gasteiger partial charge < -0.3 is 4.90 Å². The second-order valence-corrected chi connectivity index (χ2v) is 7.87. The fraction of sp³-hybridized carbons (Fsp3) is 0.500. The molecule has 1 saturated heterocycles. The first-order valence-electron chi connectivity index (χ1n) is 10.2. The molecule has 2 aromatic carbocycles. The quantitative estimate of drug-likeness (QED) is 0.605. The maximum atomic E-state index is 13.0. The first-order chi connectivity index (χ1) is 12.7. The molecule has 0 bridgehead atoms. The van der Waals surface area contributed by atoms with Crippen LogP contribution in [0.15, 0.2) is 48.5 Å². The number of rotatable bonds is 7. The molecule has 140 valence electrons. The van der Waals surface area contributed by atoms with Gasteiger partial charge in [-0.1, -0.05) is 50.2 Å². The molecule has 26 heavy (non-hydrogen) atoms. The molecule has 0 radical (unpaired) electrons. The molecule has 3 rings (SSSR count). The highest BCUT2D eigenvalue weighted by molar-refractivity contribution is 5.30. The van der Waals surface area contributed by atoms with Gasteiger partial charge in [0.2, 0.25) is 0 Å². The van der Waals surface area contributed by atoms with Gasteiger partial charge in [-0.2, -0.15) is 0 Å². The minimum Gasteiger partial charge on any atom is -0.303 e. The Hall–Kier alpha value is -1.67. The Labute approximate surface area is 158 Å². The molecule has 1 atom stereocenters. The lowest BCUT2D eigenvalue weighted by molar-refractivity contribution is 0.185. The SMILES string of the molecule is CCC(C)c1ccccc1CC1CCN(CCc2ccc(F)cc2)CC1. The normalized spacial score (nSPS) is 17.3. The van der Waals surface area contributed by atoms with Crippen LogP contribution in [-0.2, 0) is 12.8 Å². The topological polar surface area (TPSA) is 3.24 Å². The molecule has 2 heteroatoms. The number of halogens is 1. The molecule has 2 aromatic rings. The molecule has 0 saturated carbocycles. The first kappa shape index (κ1) is 19.1. The molecule has 1 unspecified atom stereocenters. The summed E-state index contributed by atoms with van der Waals surface area (Å²) in [5.74, 6) is 1.32. The molecule has 1 fully saturated rings. The number of nitrogens with zero attached hydrogens (tertiary/aromatic N) is 1. The lowest BCUT2D eigenvalue weighted by atomic mass is 9.85. The highest BCUT2D eigenvalue weighted by atomic mass is 19.1. The fourth-order valence-electron chi connectivity index (χ4n) is 4.08. The summed E-state index contributed by atoms with van der Waals surface area (Å²) >= 11 is 0. The summed E-state index contributed by atoms with van der Waals surface area (Å²) in [6, 6.07) is 16.0. The van der Waals surface area contributed by atoms with E-state index in [1.54, 1.807) is 23.3 Å². The van der Waals surface area contributed by atoms with E-state index < -0.39 is 0 Å². The highest BCUT2D eigenvalue weighted by Gasteiger charge is 2.20. The zero-order valence-corrected chi connectivity index (χ0v) is 16.3. The van der Waals surface area contributed by atoms with Gasteiger partial charge in [0, 0.05) is 6.54 Å². The van der Waals surface area contributed by atoms with Crippen LogP contribution in [0.4, 0.5) is 4.39 Å². The lowest BCUT2D eigenvalue weighted by Gasteiger charge is -2.32. The molecular weight excluding hydrogens is 321 g/mol. The van der Waals surface area contributed by atoms with E-state index in [4.69, 9.17) is 0 Å². The van der Waals surface area contributed by atoms with E-state index in [9.17, 15) is 4.39 Å². The molecule has 0 N–H and O–H groups in total. The zero-order chi connectivity index (χ0) is 18.4. The minimum absolute atomic E-state index is 0.146. The average Bonchev–Trinajstić information content (AvgIpc) is 2.68. The van der Waals surface area contributed by atoms with Crippen molar-refractivity contribution in [1.29, 1.82) is 0 Å². The predicted octanol–water partition coefficient (Wildman–Crippen LogP) is 5.84. The van der Waals surface area contributed by atoms with Crippen molar-refractivity contribution in [3.05, 3.63) is 71.0 Å². The van der Waals surface area contributed by atoms with Crippen molar-refractivity contribution in [1.82, 2.24) is 4.90 Å². The van der Waals surface area contributed by atoms with Crippen molar-refractivity contribution in [2.75, 3.05) is 19.6 Å². The lowest BCUT2D eigenvalue weighted by Crippen LogP contribution is -2.35. The van der Waals surface area contributed by atoms with Crippen LogP contribution in [0.3, 0.4) is 0 Å². The Kier molecular flexibility index (Phi) is 6.85. The van der Waals surface area contributed by atoms with Crippen molar-refractivity contribution in [2.24, 2.45) is 5.92 Å². The van der Waals surface area contributed by atoms with E-state index in [0.29, 0.717) is 5.92 Å². The number of benzene rings is 2. The van der Waals surface area contributed by atoms with Crippen LogP contribution in [0.25, 0.3) is 0 Å². The molecular formula is C24H32FN. The highest BCUT2D eigenvalue weighted by Crippen LogP contribution is 2.28. The predicted molar refractivity (Wildman–Crippen MR) is 108 cm³/mol. The molecule has 1 aliphatic rings. The summed E-state index contributed by atoms with van der Waals surface area (Å²) in [5, 5.41) is 0. The largest absolute Gasteiger partial charge is 0.303 e.